The monoisotopic (exact) mass is 398 g/mol. The van der Waals surface area contributed by atoms with Gasteiger partial charge in [-0.05, 0) is 75.6 Å². The lowest BCUT2D eigenvalue weighted by Crippen LogP contribution is -2.43. The van der Waals surface area contributed by atoms with Gasteiger partial charge < -0.3 is 0 Å². The van der Waals surface area contributed by atoms with Crippen LogP contribution < -0.4 is 0 Å². The molecular weight excluding hydrogens is 360 g/mol. The molecule has 2 aliphatic rings. The first-order valence-corrected chi connectivity index (χ1v) is 11.2. The summed E-state index contributed by atoms with van der Waals surface area (Å²) in [5.74, 6) is 0.447. The summed E-state index contributed by atoms with van der Waals surface area (Å²) in [5.41, 5.74) is 7.72. The third-order valence-electron chi connectivity index (χ3n) is 6.68. The lowest BCUT2D eigenvalue weighted by molar-refractivity contribution is 0.152. The first kappa shape index (κ1) is 22.3. The topological polar surface area (TPSA) is 0 Å². The quantitative estimate of drug-likeness (QED) is 0.435. The Morgan fingerprint density at radius 2 is 1.57 bits per heavy atom. The van der Waals surface area contributed by atoms with Gasteiger partial charge in [-0.1, -0.05) is 103 Å². The number of fused-ring (bicyclic) bond motifs is 2. The average molecular weight is 399 g/mol. The zero-order valence-electron chi connectivity index (χ0n) is 20.0. The smallest absolute Gasteiger partial charge is 0.0445 e. The predicted octanol–water partition coefficient (Wildman–Crippen LogP) is 8.78. The number of benzene rings is 1. The van der Waals surface area contributed by atoms with Crippen molar-refractivity contribution in [3.8, 4) is 0 Å². The fourth-order valence-corrected chi connectivity index (χ4v) is 5.89. The van der Waals surface area contributed by atoms with E-state index < -0.39 is 0 Å². The van der Waals surface area contributed by atoms with Crippen molar-refractivity contribution in [2.45, 2.75) is 60.3 Å². The van der Waals surface area contributed by atoms with E-state index in [1.165, 1.54) is 33.4 Å². The fraction of sp³-hybridized carbons (Fsp3) is 0.400. The third kappa shape index (κ3) is 3.51. The second-order valence-electron chi connectivity index (χ2n) is 10.8. The van der Waals surface area contributed by atoms with E-state index in [4.69, 9.17) is 0 Å². The van der Waals surface area contributed by atoms with Crippen LogP contribution >= 0.6 is 0 Å². The molecule has 1 aromatic rings. The highest BCUT2D eigenvalue weighted by atomic mass is 14.5. The van der Waals surface area contributed by atoms with Gasteiger partial charge in [0.1, 0.15) is 0 Å². The molecule has 0 spiro atoms. The summed E-state index contributed by atoms with van der Waals surface area (Å²) in [6.45, 7) is 24.7. The summed E-state index contributed by atoms with van der Waals surface area (Å²) in [4.78, 5) is 0. The van der Waals surface area contributed by atoms with Gasteiger partial charge in [0, 0.05) is 5.41 Å². The van der Waals surface area contributed by atoms with Crippen LogP contribution in [0.25, 0.3) is 17.7 Å². The van der Waals surface area contributed by atoms with Crippen molar-refractivity contribution in [2.24, 2.45) is 16.7 Å². The number of hydrogen-bond donors (Lipinski definition) is 0. The van der Waals surface area contributed by atoms with E-state index in [0.29, 0.717) is 5.92 Å². The van der Waals surface area contributed by atoms with Gasteiger partial charge in [0.25, 0.3) is 0 Å². The molecule has 0 heteroatoms. The largest absolute Gasteiger partial charge is 0.0987 e. The second-order valence-corrected chi connectivity index (χ2v) is 10.8. The summed E-state index contributed by atoms with van der Waals surface area (Å²) in [6, 6.07) is 4.79. The van der Waals surface area contributed by atoms with Gasteiger partial charge >= 0.3 is 0 Å². The van der Waals surface area contributed by atoms with Gasteiger partial charge in [-0.15, -0.1) is 0 Å². The van der Waals surface area contributed by atoms with Crippen molar-refractivity contribution in [3.63, 3.8) is 0 Å². The zero-order chi connectivity index (χ0) is 22.3. The summed E-state index contributed by atoms with van der Waals surface area (Å²) in [7, 11) is 0. The molecule has 0 saturated heterocycles. The van der Waals surface area contributed by atoms with Crippen LogP contribution in [0.5, 0.6) is 0 Å². The van der Waals surface area contributed by atoms with Crippen molar-refractivity contribution < 1.29 is 0 Å². The van der Waals surface area contributed by atoms with Crippen LogP contribution in [-0.2, 0) is 5.41 Å². The van der Waals surface area contributed by atoms with Crippen LogP contribution in [0.3, 0.4) is 0 Å². The second kappa shape index (κ2) is 7.73. The van der Waals surface area contributed by atoms with Crippen molar-refractivity contribution in [2.75, 3.05) is 0 Å². The maximum Gasteiger partial charge on any atom is 0.0445 e. The molecule has 3 rings (SSSR count). The van der Waals surface area contributed by atoms with Gasteiger partial charge in [0.05, 0.1) is 0 Å². The predicted molar refractivity (Wildman–Crippen MR) is 135 cm³/mol. The van der Waals surface area contributed by atoms with Crippen LogP contribution in [0, 0.1) is 16.7 Å². The Balaban J connectivity index is 2.41. The Kier molecular flexibility index (Phi) is 5.76. The lowest BCUT2D eigenvalue weighted by Gasteiger charge is -2.48. The van der Waals surface area contributed by atoms with E-state index in [9.17, 15) is 0 Å². The fourth-order valence-electron chi connectivity index (χ4n) is 5.89. The molecule has 0 heterocycles. The molecule has 0 aromatic heterocycles. The standard InChI is InChI=1S/C30H38/c1-10-17-30(29(8,9)20-28(5,6)7)26(12-3)24(11-2)25-18-22-15-13-21(4)14-16-23(22)19-27(25)30/h10-19,21H,2-3,20H2,1,4-9H3/b17-10+. The van der Waals surface area contributed by atoms with Crippen LogP contribution in [0.15, 0.2) is 67.3 Å². The highest BCUT2D eigenvalue weighted by molar-refractivity contribution is 5.91. The minimum Gasteiger partial charge on any atom is -0.0987 e. The van der Waals surface area contributed by atoms with E-state index in [2.05, 4.69) is 116 Å². The maximum absolute atomic E-state index is 4.27. The lowest BCUT2D eigenvalue weighted by atomic mass is 9.55. The molecule has 0 N–H and O–H groups in total. The van der Waals surface area contributed by atoms with Gasteiger partial charge in [0.2, 0.25) is 0 Å². The van der Waals surface area contributed by atoms with Crippen molar-refractivity contribution in [1.82, 2.24) is 0 Å². The van der Waals surface area contributed by atoms with Gasteiger partial charge in [-0.2, -0.15) is 0 Å². The molecule has 2 aliphatic carbocycles. The number of allylic oxidation sites excluding steroid dienone is 8. The van der Waals surface area contributed by atoms with Crippen LogP contribution in [0.1, 0.15) is 77.1 Å². The first-order valence-electron chi connectivity index (χ1n) is 11.2. The molecule has 0 bridgehead atoms. The highest BCUT2D eigenvalue weighted by Crippen LogP contribution is 2.60. The van der Waals surface area contributed by atoms with Gasteiger partial charge in [0.15, 0.2) is 0 Å². The molecule has 0 fully saturated rings. The molecule has 0 aliphatic heterocycles. The molecular formula is C30H38. The van der Waals surface area contributed by atoms with Gasteiger partial charge in [-0.3, -0.25) is 0 Å². The molecule has 0 saturated carbocycles. The Bertz CT molecular complexity index is 982. The van der Waals surface area contributed by atoms with Crippen molar-refractivity contribution in [1.29, 1.82) is 0 Å². The van der Waals surface area contributed by atoms with E-state index in [1.807, 2.05) is 6.08 Å². The third-order valence-corrected chi connectivity index (χ3v) is 6.68. The SMILES string of the molecule is C=CC1=C(C=C)C(/C=C/C)(C(C)(C)CC(C)(C)C)c2cc3c(cc21)C=CC(C)C=C3. The average Bonchev–Trinajstić information content (AvgIpc) is 2.78. The van der Waals surface area contributed by atoms with Gasteiger partial charge in [-0.25, -0.2) is 0 Å². The minimum atomic E-state index is -0.236. The first-order chi connectivity index (χ1) is 14.0. The Morgan fingerprint density at radius 3 is 2.07 bits per heavy atom. The van der Waals surface area contributed by atoms with E-state index in [0.717, 1.165) is 6.42 Å². The summed E-state index contributed by atoms with van der Waals surface area (Å²) in [5, 5.41) is 0. The van der Waals surface area contributed by atoms with E-state index in [-0.39, 0.29) is 16.2 Å². The molecule has 0 radical (unpaired) electrons. The molecule has 0 amide bonds. The maximum atomic E-state index is 4.27. The minimum absolute atomic E-state index is 0.00734. The number of rotatable bonds is 5. The Labute approximate surface area is 184 Å². The summed E-state index contributed by atoms with van der Waals surface area (Å²) in [6.07, 6.45) is 18.9. The molecule has 0 nitrogen and oxygen atoms in total. The van der Waals surface area contributed by atoms with Crippen LogP contribution in [0.4, 0.5) is 0 Å². The van der Waals surface area contributed by atoms with Crippen LogP contribution in [0.2, 0.25) is 0 Å². The normalized spacial score (nSPS) is 23.5. The Morgan fingerprint density at radius 1 is 0.967 bits per heavy atom. The number of hydrogen-bond acceptors (Lipinski definition) is 0. The highest BCUT2D eigenvalue weighted by Gasteiger charge is 2.52. The van der Waals surface area contributed by atoms with E-state index in [1.54, 1.807) is 0 Å². The summed E-state index contributed by atoms with van der Waals surface area (Å²) >= 11 is 0. The molecule has 158 valence electrons. The van der Waals surface area contributed by atoms with Crippen molar-refractivity contribution in [3.05, 3.63) is 89.6 Å². The van der Waals surface area contributed by atoms with Crippen molar-refractivity contribution >= 4 is 17.7 Å². The Hall–Kier alpha value is -2.34. The van der Waals surface area contributed by atoms with Crippen LogP contribution in [-0.4, -0.2) is 0 Å². The molecule has 2 atom stereocenters. The summed E-state index contributed by atoms with van der Waals surface area (Å²) < 4.78 is 0. The zero-order valence-corrected chi connectivity index (χ0v) is 20.0. The molecule has 1 aromatic carbocycles. The van der Waals surface area contributed by atoms with E-state index >= 15 is 0 Å². The molecule has 2 unspecified atom stereocenters. The molecule has 30 heavy (non-hydrogen) atoms.